The second kappa shape index (κ2) is 12.0. The average Bonchev–Trinajstić information content (AvgIpc) is 2.89. The number of aromatic hydroxyl groups is 1. The van der Waals surface area contributed by atoms with Gasteiger partial charge in [-0.25, -0.2) is 4.79 Å². The van der Waals surface area contributed by atoms with E-state index in [2.05, 4.69) is 10.6 Å². The Labute approximate surface area is 214 Å². The van der Waals surface area contributed by atoms with E-state index in [0.717, 1.165) is 11.1 Å². The number of benzene rings is 2. The number of ether oxygens (including phenoxy) is 3. The van der Waals surface area contributed by atoms with E-state index in [1.807, 2.05) is 18.2 Å². The quantitative estimate of drug-likeness (QED) is 0.373. The average molecular weight is 510 g/mol. The Morgan fingerprint density at radius 3 is 2.54 bits per heavy atom. The van der Waals surface area contributed by atoms with Gasteiger partial charge in [0.05, 0.1) is 33.3 Å². The van der Waals surface area contributed by atoms with Crippen LogP contribution in [0.25, 0.3) is 11.1 Å². The number of nitrogens with one attached hydrogen (secondary N) is 2. The van der Waals surface area contributed by atoms with Gasteiger partial charge in [0.1, 0.15) is 17.2 Å². The molecule has 0 spiro atoms. The van der Waals surface area contributed by atoms with Crippen LogP contribution in [-0.2, 0) is 16.6 Å². The van der Waals surface area contributed by atoms with Crippen LogP contribution in [-0.4, -0.2) is 42.5 Å². The molecule has 10 nitrogen and oxygen atoms in total. The Hall–Kier alpha value is -4.47. The smallest absolute Gasteiger partial charge is 0.319 e. The van der Waals surface area contributed by atoms with Crippen LogP contribution in [0.15, 0.2) is 53.5 Å². The summed E-state index contributed by atoms with van der Waals surface area (Å²) in [5.74, 6) is 0.427. The molecule has 3 N–H and O–H groups in total. The minimum Gasteiger partial charge on any atom is -0.505 e. The maximum absolute atomic E-state index is 12.9. The number of esters is 1. The fraction of sp³-hybridized carbons (Fsp3) is 0.296. The Morgan fingerprint density at radius 2 is 1.86 bits per heavy atom. The zero-order valence-corrected chi connectivity index (χ0v) is 21.5. The first kappa shape index (κ1) is 27.1. The number of nitrogens with zero attached hydrogens (tertiary/aromatic N) is 1. The highest BCUT2D eigenvalue weighted by Crippen LogP contribution is 2.35. The van der Waals surface area contributed by atoms with E-state index < -0.39 is 23.6 Å². The normalized spacial score (nSPS) is 11.4. The van der Waals surface area contributed by atoms with Crippen LogP contribution in [0.4, 0.5) is 10.5 Å². The molecular formula is C27H31N3O7. The molecule has 0 saturated carbocycles. The molecule has 0 fully saturated rings. The Morgan fingerprint density at radius 1 is 1.11 bits per heavy atom. The van der Waals surface area contributed by atoms with E-state index in [0.29, 0.717) is 22.6 Å². The van der Waals surface area contributed by atoms with Gasteiger partial charge < -0.3 is 34.5 Å². The van der Waals surface area contributed by atoms with Crippen molar-refractivity contribution >= 4 is 17.7 Å². The van der Waals surface area contributed by atoms with Gasteiger partial charge >= 0.3 is 12.0 Å². The summed E-state index contributed by atoms with van der Waals surface area (Å²) in [4.78, 5) is 37.8. The van der Waals surface area contributed by atoms with Crippen molar-refractivity contribution in [3.05, 3.63) is 70.1 Å². The molecule has 1 heterocycles. The van der Waals surface area contributed by atoms with Gasteiger partial charge in [-0.3, -0.25) is 9.59 Å². The number of urea groups is 1. The van der Waals surface area contributed by atoms with Crippen LogP contribution in [0, 0.1) is 6.92 Å². The predicted octanol–water partition coefficient (Wildman–Crippen LogP) is 3.90. The van der Waals surface area contributed by atoms with Crippen molar-refractivity contribution in [2.75, 3.05) is 26.1 Å². The number of pyridine rings is 1. The molecule has 10 heteroatoms. The first-order chi connectivity index (χ1) is 17.7. The fourth-order valence-electron chi connectivity index (χ4n) is 3.91. The Kier molecular flexibility index (Phi) is 8.78. The third kappa shape index (κ3) is 6.40. The number of carbonyl (C=O) groups is 2. The zero-order chi connectivity index (χ0) is 27.1. The SMILES string of the molecule is CCOC(=O)C[C@H](NC(=O)Nc1c(O)c(C)cn(C)c1=O)c1cccc(-c2cc(OC)ccc2OC)c1. The van der Waals surface area contributed by atoms with Gasteiger partial charge in [0.25, 0.3) is 5.56 Å². The molecule has 0 aliphatic rings. The van der Waals surface area contributed by atoms with E-state index in [-0.39, 0.29) is 24.5 Å². The molecule has 0 radical (unpaired) electrons. The number of amides is 2. The van der Waals surface area contributed by atoms with E-state index in [1.54, 1.807) is 52.3 Å². The standard InChI is InChI=1S/C27H31N3O7/c1-6-37-23(31)14-21(28-27(34)29-24-25(32)16(2)15-30(3)26(24)33)18-9-7-8-17(12-18)20-13-19(35-4)10-11-22(20)36-5/h7-13,15,21,32H,6,14H2,1-5H3,(H2,28,29,34)/t21-/m0/s1. The van der Waals surface area contributed by atoms with Crippen molar-refractivity contribution in [1.82, 2.24) is 9.88 Å². The fourth-order valence-corrected chi connectivity index (χ4v) is 3.91. The number of carbonyl (C=O) groups excluding carboxylic acids is 2. The molecule has 1 atom stereocenters. The number of methoxy groups -OCH3 is 2. The van der Waals surface area contributed by atoms with Crippen LogP contribution < -0.4 is 25.7 Å². The van der Waals surface area contributed by atoms with E-state index in [9.17, 15) is 19.5 Å². The molecule has 0 bridgehead atoms. The largest absolute Gasteiger partial charge is 0.505 e. The van der Waals surface area contributed by atoms with Crippen molar-refractivity contribution in [3.63, 3.8) is 0 Å². The van der Waals surface area contributed by atoms with Gasteiger partial charge in [-0.15, -0.1) is 0 Å². The summed E-state index contributed by atoms with van der Waals surface area (Å²) < 4.78 is 17.2. The number of hydrogen-bond donors (Lipinski definition) is 3. The summed E-state index contributed by atoms with van der Waals surface area (Å²) >= 11 is 0. The molecule has 2 amide bonds. The lowest BCUT2D eigenvalue weighted by Crippen LogP contribution is -2.36. The lowest BCUT2D eigenvalue weighted by Gasteiger charge is -2.20. The van der Waals surface area contributed by atoms with Crippen LogP contribution in [0.5, 0.6) is 17.2 Å². The molecule has 2 aromatic carbocycles. The van der Waals surface area contributed by atoms with Gasteiger partial charge in [0, 0.05) is 24.4 Å². The number of aromatic nitrogens is 1. The monoisotopic (exact) mass is 509 g/mol. The molecule has 37 heavy (non-hydrogen) atoms. The topological polar surface area (TPSA) is 128 Å². The minimum atomic E-state index is -0.800. The van der Waals surface area contributed by atoms with Gasteiger partial charge in [-0.2, -0.15) is 0 Å². The summed E-state index contributed by atoms with van der Waals surface area (Å²) in [6.45, 7) is 3.49. The van der Waals surface area contributed by atoms with Gasteiger partial charge in [0.15, 0.2) is 5.69 Å². The maximum atomic E-state index is 12.9. The number of anilines is 1. The molecule has 3 rings (SSSR count). The summed E-state index contributed by atoms with van der Waals surface area (Å²) in [5.41, 5.74) is 1.73. The summed E-state index contributed by atoms with van der Waals surface area (Å²) in [6, 6.07) is 11.1. The number of hydrogen-bond acceptors (Lipinski definition) is 7. The van der Waals surface area contributed by atoms with E-state index in [4.69, 9.17) is 14.2 Å². The highest BCUT2D eigenvalue weighted by molar-refractivity contribution is 5.91. The second-order valence-electron chi connectivity index (χ2n) is 8.30. The molecule has 1 aromatic heterocycles. The summed E-state index contributed by atoms with van der Waals surface area (Å²) in [5, 5.41) is 15.5. The minimum absolute atomic E-state index is 0.155. The Bertz CT molecular complexity index is 1350. The first-order valence-corrected chi connectivity index (χ1v) is 11.6. The maximum Gasteiger partial charge on any atom is 0.319 e. The van der Waals surface area contributed by atoms with Crippen molar-refractivity contribution < 1.29 is 28.9 Å². The number of rotatable bonds is 9. The lowest BCUT2D eigenvalue weighted by atomic mass is 9.97. The summed E-state index contributed by atoms with van der Waals surface area (Å²) in [6.07, 6.45) is 1.31. The Balaban J connectivity index is 1.96. The van der Waals surface area contributed by atoms with Crippen molar-refractivity contribution in [3.8, 4) is 28.4 Å². The van der Waals surface area contributed by atoms with Crippen LogP contribution in [0.2, 0.25) is 0 Å². The highest BCUT2D eigenvalue weighted by Gasteiger charge is 2.22. The molecule has 3 aromatic rings. The van der Waals surface area contributed by atoms with Gasteiger partial charge in [-0.1, -0.05) is 18.2 Å². The summed E-state index contributed by atoms with van der Waals surface area (Å²) in [7, 11) is 4.65. The predicted molar refractivity (Wildman–Crippen MR) is 139 cm³/mol. The highest BCUT2D eigenvalue weighted by atomic mass is 16.5. The van der Waals surface area contributed by atoms with E-state index >= 15 is 0 Å². The second-order valence-corrected chi connectivity index (χ2v) is 8.30. The molecule has 0 saturated heterocycles. The van der Waals surface area contributed by atoms with Crippen LogP contribution in [0.3, 0.4) is 0 Å². The van der Waals surface area contributed by atoms with Crippen LogP contribution in [0.1, 0.15) is 30.5 Å². The van der Waals surface area contributed by atoms with Crippen molar-refractivity contribution in [2.45, 2.75) is 26.3 Å². The zero-order valence-electron chi connectivity index (χ0n) is 21.5. The van der Waals surface area contributed by atoms with Gasteiger partial charge in [-0.05, 0) is 49.2 Å². The molecule has 0 aliphatic carbocycles. The number of aryl methyl sites for hydroxylation is 2. The lowest BCUT2D eigenvalue weighted by molar-refractivity contribution is -0.143. The third-order valence-corrected chi connectivity index (χ3v) is 5.76. The van der Waals surface area contributed by atoms with Gasteiger partial charge in [0.2, 0.25) is 0 Å². The third-order valence-electron chi connectivity index (χ3n) is 5.76. The molecular weight excluding hydrogens is 478 g/mol. The van der Waals surface area contributed by atoms with Crippen molar-refractivity contribution in [1.29, 1.82) is 0 Å². The molecule has 0 aliphatic heterocycles. The van der Waals surface area contributed by atoms with E-state index in [1.165, 1.54) is 17.8 Å². The molecule has 0 unspecified atom stereocenters. The first-order valence-electron chi connectivity index (χ1n) is 11.6. The van der Waals surface area contributed by atoms with Crippen LogP contribution >= 0.6 is 0 Å². The van der Waals surface area contributed by atoms with Crippen molar-refractivity contribution in [2.24, 2.45) is 7.05 Å². The molecule has 196 valence electrons.